The summed E-state index contributed by atoms with van der Waals surface area (Å²) in [6.07, 6.45) is 3.13. The van der Waals surface area contributed by atoms with E-state index < -0.39 is 0 Å². The third-order valence-electron chi connectivity index (χ3n) is 2.72. The lowest BCUT2D eigenvalue weighted by Crippen LogP contribution is -2.24. The van der Waals surface area contributed by atoms with Gasteiger partial charge in [-0.25, -0.2) is 0 Å². The Morgan fingerprint density at radius 1 is 1.33 bits per heavy atom. The van der Waals surface area contributed by atoms with Crippen molar-refractivity contribution in [2.24, 2.45) is 5.73 Å². The van der Waals surface area contributed by atoms with Gasteiger partial charge in [0.25, 0.3) is 0 Å². The highest BCUT2D eigenvalue weighted by Crippen LogP contribution is 2.14. The Hall–Kier alpha value is -1.61. The van der Waals surface area contributed by atoms with Gasteiger partial charge in [0.05, 0.1) is 0 Å². The Labute approximate surface area is 109 Å². The molecule has 0 aliphatic carbocycles. The first-order chi connectivity index (χ1) is 8.59. The summed E-state index contributed by atoms with van der Waals surface area (Å²) >= 11 is 0. The maximum Gasteiger partial charge on any atom is 0.220 e. The standard InChI is InChI=1S/C15H22N2O/c1-12(2)10-11-17-15(18)9-8-14(16)13-6-4-3-5-7-13/h3-7,10,14H,8-9,11,16H2,1-2H3,(H,17,18). The summed E-state index contributed by atoms with van der Waals surface area (Å²) in [6, 6.07) is 9.80. The van der Waals surface area contributed by atoms with Crippen LogP contribution in [0.3, 0.4) is 0 Å². The van der Waals surface area contributed by atoms with Crippen LogP contribution < -0.4 is 11.1 Å². The van der Waals surface area contributed by atoms with Crippen molar-refractivity contribution in [1.29, 1.82) is 0 Å². The highest BCUT2D eigenvalue weighted by molar-refractivity contribution is 5.76. The molecular formula is C15H22N2O. The molecule has 0 heterocycles. The average molecular weight is 246 g/mol. The van der Waals surface area contributed by atoms with Crippen LogP contribution in [-0.4, -0.2) is 12.5 Å². The fourth-order valence-corrected chi connectivity index (χ4v) is 1.61. The molecule has 1 amide bonds. The van der Waals surface area contributed by atoms with Crippen LogP contribution >= 0.6 is 0 Å². The van der Waals surface area contributed by atoms with Crippen molar-refractivity contribution < 1.29 is 4.79 Å². The topological polar surface area (TPSA) is 55.1 Å². The van der Waals surface area contributed by atoms with Crippen molar-refractivity contribution >= 4 is 5.91 Å². The second kappa shape index (κ2) is 7.67. The van der Waals surface area contributed by atoms with Gasteiger partial charge in [-0.05, 0) is 25.8 Å². The highest BCUT2D eigenvalue weighted by Gasteiger charge is 2.08. The molecule has 0 aliphatic heterocycles. The van der Waals surface area contributed by atoms with Crippen molar-refractivity contribution in [2.45, 2.75) is 32.7 Å². The van der Waals surface area contributed by atoms with Gasteiger partial charge in [0.15, 0.2) is 0 Å². The minimum atomic E-state index is -0.0691. The first-order valence-corrected chi connectivity index (χ1v) is 6.30. The van der Waals surface area contributed by atoms with Crippen LogP contribution in [-0.2, 0) is 4.79 Å². The number of hydrogen-bond acceptors (Lipinski definition) is 2. The molecule has 0 radical (unpaired) electrons. The van der Waals surface area contributed by atoms with Crippen molar-refractivity contribution in [2.75, 3.05) is 6.54 Å². The smallest absolute Gasteiger partial charge is 0.220 e. The summed E-state index contributed by atoms with van der Waals surface area (Å²) < 4.78 is 0. The minimum absolute atomic E-state index is 0.0545. The van der Waals surface area contributed by atoms with E-state index in [0.717, 1.165) is 5.56 Å². The largest absolute Gasteiger partial charge is 0.353 e. The van der Waals surface area contributed by atoms with Crippen LogP contribution in [0.25, 0.3) is 0 Å². The van der Waals surface area contributed by atoms with E-state index in [1.54, 1.807) is 0 Å². The maximum atomic E-state index is 11.6. The van der Waals surface area contributed by atoms with Crippen molar-refractivity contribution in [3.05, 3.63) is 47.5 Å². The summed E-state index contributed by atoms with van der Waals surface area (Å²) in [7, 11) is 0. The van der Waals surface area contributed by atoms with Crippen LogP contribution in [0.1, 0.15) is 38.3 Å². The minimum Gasteiger partial charge on any atom is -0.353 e. The molecule has 0 bridgehead atoms. The lowest BCUT2D eigenvalue weighted by Gasteiger charge is -2.11. The molecule has 1 aromatic rings. The molecule has 3 heteroatoms. The molecule has 1 rings (SSSR count). The van der Waals surface area contributed by atoms with Crippen LogP contribution in [0.15, 0.2) is 42.0 Å². The number of amides is 1. The number of hydrogen-bond donors (Lipinski definition) is 2. The molecule has 0 saturated carbocycles. The van der Waals surface area contributed by atoms with Gasteiger partial charge in [0, 0.05) is 19.0 Å². The molecule has 18 heavy (non-hydrogen) atoms. The number of carbonyl (C=O) groups excluding carboxylic acids is 1. The first kappa shape index (κ1) is 14.5. The van der Waals surface area contributed by atoms with Crippen LogP contribution in [0, 0.1) is 0 Å². The lowest BCUT2D eigenvalue weighted by molar-refractivity contribution is -0.121. The SMILES string of the molecule is CC(C)=CCNC(=O)CCC(N)c1ccccc1. The highest BCUT2D eigenvalue weighted by atomic mass is 16.1. The fourth-order valence-electron chi connectivity index (χ4n) is 1.61. The van der Waals surface area contributed by atoms with Gasteiger partial charge in [-0.2, -0.15) is 0 Å². The van der Waals surface area contributed by atoms with Gasteiger partial charge in [0.1, 0.15) is 0 Å². The number of allylic oxidation sites excluding steroid dienone is 1. The second-order valence-corrected chi connectivity index (χ2v) is 4.64. The van der Waals surface area contributed by atoms with Gasteiger partial charge < -0.3 is 11.1 Å². The lowest BCUT2D eigenvalue weighted by atomic mass is 10.0. The average Bonchev–Trinajstić information content (AvgIpc) is 2.36. The zero-order chi connectivity index (χ0) is 13.4. The monoisotopic (exact) mass is 246 g/mol. The first-order valence-electron chi connectivity index (χ1n) is 6.30. The zero-order valence-corrected chi connectivity index (χ0v) is 11.1. The number of rotatable bonds is 6. The number of carbonyl (C=O) groups is 1. The molecule has 0 saturated heterocycles. The van der Waals surface area contributed by atoms with Crippen molar-refractivity contribution in [3.63, 3.8) is 0 Å². The Kier molecular flexibility index (Phi) is 6.15. The quantitative estimate of drug-likeness (QED) is 0.758. The summed E-state index contributed by atoms with van der Waals surface area (Å²) in [5.74, 6) is 0.0545. The van der Waals surface area contributed by atoms with Crippen molar-refractivity contribution in [1.82, 2.24) is 5.32 Å². The van der Waals surface area contributed by atoms with Gasteiger partial charge in [-0.1, -0.05) is 42.0 Å². The van der Waals surface area contributed by atoms with Crippen LogP contribution in [0.4, 0.5) is 0 Å². The van der Waals surface area contributed by atoms with Gasteiger partial charge in [-0.15, -0.1) is 0 Å². The Morgan fingerprint density at radius 3 is 2.61 bits per heavy atom. The molecule has 3 nitrogen and oxygen atoms in total. The maximum absolute atomic E-state index is 11.6. The zero-order valence-electron chi connectivity index (χ0n) is 11.1. The predicted octanol–water partition coefficient (Wildman–Crippen LogP) is 2.55. The van der Waals surface area contributed by atoms with E-state index in [9.17, 15) is 4.79 Å². The van der Waals surface area contributed by atoms with Crippen LogP contribution in [0.5, 0.6) is 0 Å². The third-order valence-corrected chi connectivity index (χ3v) is 2.72. The summed E-state index contributed by atoms with van der Waals surface area (Å²) in [4.78, 5) is 11.6. The van der Waals surface area contributed by atoms with Crippen LogP contribution in [0.2, 0.25) is 0 Å². The van der Waals surface area contributed by atoms with E-state index in [-0.39, 0.29) is 11.9 Å². The molecule has 1 aromatic carbocycles. The van der Waals surface area contributed by atoms with E-state index in [4.69, 9.17) is 5.73 Å². The van der Waals surface area contributed by atoms with E-state index in [0.29, 0.717) is 19.4 Å². The van der Waals surface area contributed by atoms with Gasteiger partial charge >= 0.3 is 0 Å². The van der Waals surface area contributed by atoms with E-state index in [2.05, 4.69) is 5.32 Å². The molecule has 0 aromatic heterocycles. The molecule has 0 spiro atoms. The molecule has 98 valence electrons. The molecule has 1 unspecified atom stereocenters. The third kappa shape index (κ3) is 5.64. The van der Waals surface area contributed by atoms with E-state index in [1.807, 2.05) is 50.3 Å². The summed E-state index contributed by atoms with van der Waals surface area (Å²) in [5.41, 5.74) is 8.31. The molecule has 1 atom stereocenters. The summed E-state index contributed by atoms with van der Waals surface area (Å²) in [6.45, 7) is 4.62. The van der Waals surface area contributed by atoms with Gasteiger partial charge in [-0.3, -0.25) is 4.79 Å². The molecular weight excluding hydrogens is 224 g/mol. The Balaban J connectivity index is 2.28. The summed E-state index contributed by atoms with van der Waals surface area (Å²) in [5, 5.41) is 2.85. The molecule has 3 N–H and O–H groups in total. The normalized spacial score (nSPS) is 11.7. The predicted molar refractivity (Wildman–Crippen MR) is 75.0 cm³/mol. The van der Waals surface area contributed by atoms with E-state index >= 15 is 0 Å². The molecule has 0 aliphatic rings. The van der Waals surface area contributed by atoms with E-state index in [1.165, 1.54) is 5.57 Å². The van der Waals surface area contributed by atoms with Gasteiger partial charge in [0.2, 0.25) is 5.91 Å². The Morgan fingerprint density at radius 2 is 2.00 bits per heavy atom. The number of nitrogens with one attached hydrogen (secondary N) is 1. The van der Waals surface area contributed by atoms with Crippen molar-refractivity contribution in [3.8, 4) is 0 Å². The molecule has 0 fully saturated rings. The Bertz CT molecular complexity index is 394. The number of benzene rings is 1. The second-order valence-electron chi connectivity index (χ2n) is 4.64. The fraction of sp³-hybridized carbons (Fsp3) is 0.400. The number of nitrogens with two attached hydrogens (primary N) is 1.